The molecule has 31 heavy (non-hydrogen) atoms. The van der Waals surface area contributed by atoms with Gasteiger partial charge in [-0.3, -0.25) is 4.79 Å². The van der Waals surface area contributed by atoms with Gasteiger partial charge in [0.15, 0.2) is 18.1 Å². The number of fused-ring (bicyclic) bond motifs is 1. The number of hydrogen-bond acceptors (Lipinski definition) is 6. The van der Waals surface area contributed by atoms with E-state index in [1.165, 1.54) is 6.08 Å². The van der Waals surface area contributed by atoms with Gasteiger partial charge in [-0.2, -0.15) is 0 Å². The molecule has 1 aliphatic rings. The van der Waals surface area contributed by atoms with Crippen molar-refractivity contribution in [2.24, 2.45) is 0 Å². The lowest BCUT2D eigenvalue weighted by Crippen LogP contribution is -2.15. The fourth-order valence-corrected chi connectivity index (χ4v) is 3.48. The quantitative estimate of drug-likeness (QED) is 0.326. The highest BCUT2D eigenvalue weighted by atomic mass is 16.6. The molecule has 0 aliphatic carbocycles. The molecule has 3 heterocycles. The number of carbonyl (C=O) groups is 2. The summed E-state index contributed by atoms with van der Waals surface area (Å²) in [5.74, 6) is 1.28. The van der Waals surface area contributed by atoms with Gasteiger partial charge < -0.3 is 23.2 Å². The maximum absolute atomic E-state index is 12.6. The number of esters is 1. The second-order valence-corrected chi connectivity index (χ2v) is 7.22. The third-order valence-corrected chi connectivity index (χ3v) is 5.09. The van der Waals surface area contributed by atoms with E-state index in [1.54, 1.807) is 30.5 Å². The molecule has 160 valence electrons. The second kappa shape index (κ2) is 8.95. The summed E-state index contributed by atoms with van der Waals surface area (Å²) in [7, 11) is 0. The van der Waals surface area contributed by atoms with Crippen LogP contribution in [0.25, 0.3) is 6.08 Å². The van der Waals surface area contributed by atoms with Crippen LogP contribution in [0.5, 0.6) is 11.5 Å². The normalized spacial score (nSPS) is 12.8. The fraction of sp³-hybridized carbons (Fsp3) is 0.250. The molecule has 0 bridgehead atoms. The maximum atomic E-state index is 12.6. The summed E-state index contributed by atoms with van der Waals surface area (Å²) in [5, 5.41) is 0. The highest BCUT2D eigenvalue weighted by Gasteiger charge is 2.17. The van der Waals surface area contributed by atoms with Crippen molar-refractivity contribution in [1.82, 2.24) is 4.57 Å². The van der Waals surface area contributed by atoms with Crippen molar-refractivity contribution in [3.05, 3.63) is 77.0 Å². The Kier molecular flexibility index (Phi) is 5.93. The highest BCUT2D eigenvalue weighted by molar-refractivity contribution is 6.00. The van der Waals surface area contributed by atoms with Crippen LogP contribution in [-0.4, -0.2) is 36.1 Å². The maximum Gasteiger partial charge on any atom is 0.331 e. The van der Waals surface area contributed by atoms with Gasteiger partial charge in [0.05, 0.1) is 12.8 Å². The minimum Gasteiger partial charge on any atom is -0.486 e. The van der Waals surface area contributed by atoms with Gasteiger partial charge in [0.25, 0.3) is 0 Å². The molecule has 0 amide bonds. The molecule has 0 spiro atoms. The zero-order chi connectivity index (χ0) is 21.8. The van der Waals surface area contributed by atoms with Crippen LogP contribution in [0.2, 0.25) is 0 Å². The molecule has 3 aromatic rings. The average molecular weight is 421 g/mol. The van der Waals surface area contributed by atoms with Crippen molar-refractivity contribution in [3.8, 4) is 11.5 Å². The molecule has 0 unspecified atom stereocenters. The van der Waals surface area contributed by atoms with Crippen LogP contribution in [0.1, 0.15) is 33.1 Å². The SMILES string of the molecule is Cc1cc(C(=O)COC(=O)/C=C/c2ccc3c(c2)OCCO3)c(C)n1Cc1ccco1. The summed E-state index contributed by atoms with van der Waals surface area (Å²) >= 11 is 0. The van der Waals surface area contributed by atoms with Crippen LogP contribution in [-0.2, 0) is 16.1 Å². The van der Waals surface area contributed by atoms with E-state index in [0.29, 0.717) is 36.8 Å². The number of rotatable bonds is 7. The first-order chi connectivity index (χ1) is 15.0. The Labute approximate surface area is 179 Å². The zero-order valence-electron chi connectivity index (χ0n) is 17.4. The average Bonchev–Trinajstić information content (AvgIpc) is 3.39. The Balaban J connectivity index is 1.35. The van der Waals surface area contributed by atoms with Crippen molar-refractivity contribution < 1.29 is 28.2 Å². The summed E-state index contributed by atoms with van der Waals surface area (Å²) < 4.78 is 23.5. The monoisotopic (exact) mass is 421 g/mol. The van der Waals surface area contributed by atoms with Crippen molar-refractivity contribution in [2.45, 2.75) is 20.4 Å². The van der Waals surface area contributed by atoms with E-state index < -0.39 is 5.97 Å². The van der Waals surface area contributed by atoms with Crippen LogP contribution in [0.4, 0.5) is 0 Å². The predicted octanol–water partition coefficient (Wildman–Crippen LogP) is 3.96. The molecule has 0 radical (unpaired) electrons. The topological polar surface area (TPSA) is 79.9 Å². The Morgan fingerprint density at radius 1 is 1.10 bits per heavy atom. The number of furan rings is 1. The van der Waals surface area contributed by atoms with Gasteiger partial charge in [-0.15, -0.1) is 0 Å². The van der Waals surface area contributed by atoms with E-state index >= 15 is 0 Å². The molecule has 1 aliphatic heterocycles. The minimum absolute atomic E-state index is 0.250. The lowest BCUT2D eigenvalue weighted by molar-refractivity contribution is -0.136. The van der Waals surface area contributed by atoms with Gasteiger partial charge in [0.1, 0.15) is 19.0 Å². The fourth-order valence-electron chi connectivity index (χ4n) is 3.48. The number of carbonyl (C=O) groups excluding carboxylic acids is 2. The largest absolute Gasteiger partial charge is 0.486 e. The summed E-state index contributed by atoms with van der Waals surface area (Å²) in [5.41, 5.74) is 3.05. The van der Waals surface area contributed by atoms with E-state index in [4.69, 9.17) is 18.6 Å². The molecule has 2 aromatic heterocycles. The second-order valence-electron chi connectivity index (χ2n) is 7.22. The summed E-state index contributed by atoms with van der Waals surface area (Å²) in [6, 6.07) is 10.9. The Morgan fingerprint density at radius 2 is 1.90 bits per heavy atom. The van der Waals surface area contributed by atoms with Gasteiger partial charge in [0, 0.05) is 23.0 Å². The van der Waals surface area contributed by atoms with Gasteiger partial charge >= 0.3 is 5.97 Å². The van der Waals surface area contributed by atoms with Crippen LogP contribution < -0.4 is 9.47 Å². The van der Waals surface area contributed by atoms with Crippen LogP contribution in [0.15, 0.2) is 53.2 Å². The molecular weight excluding hydrogens is 398 g/mol. The van der Waals surface area contributed by atoms with Gasteiger partial charge in [-0.25, -0.2) is 4.79 Å². The lowest BCUT2D eigenvalue weighted by atomic mass is 10.1. The number of hydrogen-bond donors (Lipinski definition) is 0. The first kappa shape index (κ1) is 20.5. The summed E-state index contributed by atoms with van der Waals surface area (Å²) in [4.78, 5) is 24.7. The minimum atomic E-state index is -0.590. The third kappa shape index (κ3) is 4.71. The standard InChI is InChI=1S/C24H23NO6/c1-16-12-20(17(2)25(16)14-19-4-3-9-28-19)21(26)15-31-24(27)8-6-18-5-7-22-23(13-18)30-11-10-29-22/h3-9,12-13H,10-11,14-15H2,1-2H3/b8-6+. The molecule has 0 saturated heterocycles. The summed E-state index contributed by atoms with van der Waals surface area (Å²) in [6.07, 6.45) is 4.52. The molecule has 4 rings (SSSR count). The molecule has 0 fully saturated rings. The molecule has 7 nitrogen and oxygen atoms in total. The van der Waals surface area contributed by atoms with Gasteiger partial charge in [-0.1, -0.05) is 6.07 Å². The number of benzene rings is 1. The molecule has 1 aromatic carbocycles. The van der Waals surface area contributed by atoms with E-state index in [9.17, 15) is 9.59 Å². The van der Waals surface area contributed by atoms with Crippen molar-refractivity contribution in [2.75, 3.05) is 19.8 Å². The number of aryl methyl sites for hydroxylation is 1. The van der Waals surface area contributed by atoms with Crippen molar-refractivity contribution in [1.29, 1.82) is 0 Å². The van der Waals surface area contributed by atoms with Crippen LogP contribution >= 0.6 is 0 Å². The third-order valence-electron chi connectivity index (χ3n) is 5.09. The molecule has 7 heteroatoms. The Bertz CT molecular complexity index is 1120. The summed E-state index contributed by atoms with van der Waals surface area (Å²) in [6.45, 7) is 5.02. The lowest BCUT2D eigenvalue weighted by Gasteiger charge is -2.18. The zero-order valence-corrected chi connectivity index (χ0v) is 17.4. The van der Waals surface area contributed by atoms with E-state index in [2.05, 4.69) is 0 Å². The van der Waals surface area contributed by atoms with Crippen LogP contribution in [0, 0.1) is 13.8 Å². The van der Waals surface area contributed by atoms with E-state index in [1.807, 2.05) is 36.6 Å². The Hall–Kier alpha value is -3.74. The number of ether oxygens (including phenoxy) is 3. The predicted molar refractivity (Wildman–Crippen MR) is 113 cm³/mol. The van der Waals surface area contributed by atoms with E-state index in [-0.39, 0.29) is 12.4 Å². The molecular formula is C24H23NO6. The first-order valence-corrected chi connectivity index (χ1v) is 9.98. The van der Waals surface area contributed by atoms with E-state index in [0.717, 1.165) is 22.7 Å². The number of Topliss-reactive ketones (excluding diaryl/α,β-unsaturated/α-hetero) is 1. The van der Waals surface area contributed by atoms with Crippen molar-refractivity contribution in [3.63, 3.8) is 0 Å². The van der Waals surface area contributed by atoms with Crippen molar-refractivity contribution >= 4 is 17.8 Å². The number of ketones is 1. The molecule has 0 saturated carbocycles. The number of nitrogens with zero attached hydrogens (tertiary/aromatic N) is 1. The highest BCUT2D eigenvalue weighted by Crippen LogP contribution is 2.31. The first-order valence-electron chi connectivity index (χ1n) is 9.98. The van der Waals surface area contributed by atoms with Gasteiger partial charge in [0.2, 0.25) is 5.78 Å². The molecule has 0 N–H and O–H groups in total. The van der Waals surface area contributed by atoms with Gasteiger partial charge in [-0.05, 0) is 55.8 Å². The smallest absolute Gasteiger partial charge is 0.331 e. The molecule has 0 atom stereocenters. The number of aromatic nitrogens is 1. The Morgan fingerprint density at radius 3 is 2.68 bits per heavy atom. The van der Waals surface area contributed by atoms with Crippen LogP contribution in [0.3, 0.4) is 0 Å².